The van der Waals surface area contributed by atoms with E-state index in [4.69, 9.17) is 23.2 Å². The van der Waals surface area contributed by atoms with Crippen LogP contribution in [0.1, 0.15) is 27.7 Å². The average molecular weight is 307 g/mol. The van der Waals surface area contributed by atoms with Crippen LogP contribution >= 0.6 is 23.2 Å². The van der Waals surface area contributed by atoms with Crippen molar-refractivity contribution in [1.29, 1.82) is 0 Å². The maximum absolute atomic E-state index is 12.4. The minimum Gasteiger partial charge on any atom is -0.294 e. The molecular formula is C14H18Cl2N2O. The second-order valence-electron chi connectivity index (χ2n) is 5.99. The first-order valence-corrected chi connectivity index (χ1v) is 7.01. The molecule has 2 rings (SSSR count). The first-order chi connectivity index (χ1) is 8.70. The van der Waals surface area contributed by atoms with Crippen molar-refractivity contribution in [3.63, 3.8) is 0 Å². The summed E-state index contributed by atoms with van der Waals surface area (Å²) in [4.78, 5) is 14.1. The fourth-order valence-electron chi connectivity index (χ4n) is 2.31. The number of benzene rings is 1. The summed E-state index contributed by atoms with van der Waals surface area (Å²) < 4.78 is 0. The van der Waals surface area contributed by atoms with E-state index in [9.17, 15) is 4.79 Å². The third-order valence-corrected chi connectivity index (χ3v) is 3.66. The van der Waals surface area contributed by atoms with Gasteiger partial charge < -0.3 is 0 Å². The number of carbonyl (C=O) groups is 1. The molecule has 0 aliphatic carbocycles. The molecule has 1 fully saturated rings. The van der Waals surface area contributed by atoms with E-state index in [-0.39, 0.29) is 23.5 Å². The predicted octanol–water partition coefficient (Wildman–Crippen LogP) is 3.69. The van der Waals surface area contributed by atoms with E-state index in [2.05, 4.69) is 26.1 Å². The van der Waals surface area contributed by atoms with Gasteiger partial charge in [-0.25, -0.2) is 0 Å². The Morgan fingerprint density at radius 1 is 1.16 bits per heavy atom. The molecule has 1 heterocycles. The molecule has 0 saturated carbocycles. The van der Waals surface area contributed by atoms with Crippen molar-refractivity contribution in [2.24, 2.45) is 5.41 Å². The van der Waals surface area contributed by atoms with Crippen molar-refractivity contribution in [2.45, 2.75) is 39.9 Å². The molecule has 1 aromatic carbocycles. The van der Waals surface area contributed by atoms with Gasteiger partial charge in [0.15, 0.2) is 0 Å². The number of nitrogens with zero attached hydrogens (tertiary/aromatic N) is 1. The topological polar surface area (TPSA) is 32.3 Å². The SMILES string of the molecule is C[C@H]1N[C@H](C(C)(C)C)N([13c]2[13cH][13c](Cl)[13cH][13c](Cl)[13cH]2)C1=O. The van der Waals surface area contributed by atoms with Crippen LogP contribution in [0.25, 0.3) is 0 Å². The third kappa shape index (κ3) is 2.88. The highest BCUT2D eigenvalue weighted by molar-refractivity contribution is 6.35. The van der Waals surface area contributed by atoms with E-state index in [0.717, 1.165) is 5.69 Å². The van der Waals surface area contributed by atoms with Crippen LogP contribution in [0.4, 0.5) is 5.69 Å². The molecule has 0 aromatic heterocycles. The lowest BCUT2D eigenvalue weighted by molar-refractivity contribution is -0.118. The Hall–Kier alpha value is -0.770. The van der Waals surface area contributed by atoms with E-state index in [1.165, 1.54) is 0 Å². The summed E-state index contributed by atoms with van der Waals surface area (Å²) in [5.41, 5.74) is 0.647. The molecule has 1 N–H and O–H groups in total. The summed E-state index contributed by atoms with van der Waals surface area (Å²) in [6, 6.07) is 4.99. The number of rotatable bonds is 1. The van der Waals surface area contributed by atoms with Crippen molar-refractivity contribution in [1.82, 2.24) is 5.32 Å². The van der Waals surface area contributed by atoms with Crippen LogP contribution < -0.4 is 10.2 Å². The molecule has 5 heteroatoms. The standard InChI is InChI=1S/C14H18Cl2N2O/c1-8-12(19)18(13(17-8)14(2,3)4)11-6-9(15)5-10(16)7-11/h5-8,13,17H,1-4H3/t8-,13+/m1/s1/i5+1,6+1,7+1,9+1,10+1,11+1. The summed E-state index contributed by atoms with van der Waals surface area (Å²) in [5, 5.41) is 4.38. The average Bonchev–Trinajstić information content (AvgIpc) is 2.53. The number of anilines is 1. The molecular weight excluding hydrogens is 289 g/mol. The van der Waals surface area contributed by atoms with Crippen LogP contribution in [0.5, 0.6) is 0 Å². The van der Waals surface area contributed by atoms with Crippen molar-refractivity contribution in [2.75, 3.05) is 4.90 Å². The van der Waals surface area contributed by atoms with E-state index >= 15 is 0 Å². The fourth-order valence-corrected chi connectivity index (χ4v) is 2.82. The molecule has 1 saturated heterocycles. The van der Waals surface area contributed by atoms with Gasteiger partial charge in [0.05, 0.1) is 12.2 Å². The number of hydrogen-bond donors (Lipinski definition) is 1. The summed E-state index contributed by atoms with van der Waals surface area (Å²) in [6.07, 6.45) is -0.0791. The van der Waals surface area contributed by atoms with Gasteiger partial charge in [-0.15, -0.1) is 0 Å². The Bertz CT molecular complexity index is 490. The number of hydrogen-bond acceptors (Lipinski definition) is 2. The molecule has 0 radical (unpaired) electrons. The van der Waals surface area contributed by atoms with Crippen molar-refractivity contribution < 1.29 is 4.79 Å². The maximum atomic E-state index is 12.4. The molecule has 0 unspecified atom stereocenters. The van der Waals surface area contributed by atoms with Gasteiger partial charge in [-0.05, 0) is 30.5 Å². The number of carbonyl (C=O) groups excluding carboxylic acids is 1. The van der Waals surface area contributed by atoms with E-state index in [1.54, 1.807) is 23.1 Å². The Balaban J connectivity index is 2.47. The lowest BCUT2D eigenvalue weighted by Crippen LogP contribution is -2.47. The van der Waals surface area contributed by atoms with Gasteiger partial charge in [0, 0.05) is 15.7 Å². The minimum atomic E-state index is -0.206. The summed E-state index contributed by atoms with van der Waals surface area (Å²) in [7, 11) is 0. The molecule has 1 aromatic rings. The van der Waals surface area contributed by atoms with Crippen molar-refractivity contribution in [3.05, 3.63) is 28.2 Å². The highest BCUT2D eigenvalue weighted by Crippen LogP contribution is 2.34. The first kappa shape index (κ1) is 14.6. The smallest absolute Gasteiger partial charge is 0.245 e. The minimum absolute atomic E-state index is 0.0401. The summed E-state index contributed by atoms with van der Waals surface area (Å²) in [5.74, 6) is 0.0401. The number of halogens is 2. The third-order valence-electron chi connectivity index (χ3n) is 3.22. The van der Waals surface area contributed by atoms with Gasteiger partial charge in [-0.1, -0.05) is 44.0 Å². The molecule has 1 aliphatic heterocycles. The second kappa shape index (κ2) is 4.97. The van der Waals surface area contributed by atoms with E-state index in [0.29, 0.717) is 10.0 Å². The fraction of sp³-hybridized carbons (Fsp3) is 0.500. The molecule has 0 bridgehead atoms. The van der Waals surface area contributed by atoms with Crippen LogP contribution in [0.3, 0.4) is 0 Å². The lowest BCUT2D eigenvalue weighted by Gasteiger charge is -2.34. The summed E-state index contributed by atoms with van der Waals surface area (Å²) >= 11 is 12.1. The van der Waals surface area contributed by atoms with Crippen LogP contribution in [-0.4, -0.2) is 18.1 Å². The largest absolute Gasteiger partial charge is 0.294 e. The maximum Gasteiger partial charge on any atom is 0.245 e. The summed E-state index contributed by atoms with van der Waals surface area (Å²) in [6.45, 7) is 8.15. The highest BCUT2D eigenvalue weighted by Gasteiger charge is 2.43. The zero-order valence-electron chi connectivity index (χ0n) is 11.5. The van der Waals surface area contributed by atoms with Crippen molar-refractivity contribution in [3.8, 4) is 0 Å². The first-order valence-electron chi connectivity index (χ1n) is 6.25. The molecule has 104 valence electrons. The van der Waals surface area contributed by atoms with Gasteiger partial charge in [0.2, 0.25) is 5.91 Å². The van der Waals surface area contributed by atoms with Crippen molar-refractivity contribution >= 4 is 34.8 Å². The molecule has 1 amide bonds. The van der Waals surface area contributed by atoms with Crippen LogP contribution in [0, 0.1) is 5.41 Å². The van der Waals surface area contributed by atoms with Gasteiger partial charge in [-0.2, -0.15) is 0 Å². The lowest BCUT2D eigenvalue weighted by atomic mass is 9.92. The Morgan fingerprint density at radius 2 is 1.68 bits per heavy atom. The molecule has 19 heavy (non-hydrogen) atoms. The van der Waals surface area contributed by atoms with Gasteiger partial charge >= 0.3 is 0 Å². The normalized spacial score (nSPS) is 24.1. The van der Waals surface area contributed by atoms with Gasteiger partial charge in [0.1, 0.15) is 0 Å². The van der Waals surface area contributed by atoms with Crippen LogP contribution in [0.2, 0.25) is 10.0 Å². The molecule has 0 spiro atoms. The Kier molecular flexibility index (Phi) is 3.83. The number of nitrogens with one attached hydrogen (secondary N) is 1. The zero-order chi connectivity index (χ0) is 14.4. The van der Waals surface area contributed by atoms with Crippen LogP contribution in [0.15, 0.2) is 18.2 Å². The number of amides is 1. The quantitative estimate of drug-likeness (QED) is 0.858. The monoisotopic (exact) mass is 306 g/mol. The molecule has 2 atom stereocenters. The Labute approximate surface area is 123 Å². The van der Waals surface area contributed by atoms with Gasteiger partial charge in [0.25, 0.3) is 0 Å². The predicted molar refractivity (Wildman–Crippen MR) is 79.8 cm³/mol. The molecule has 3 nitrogen and oxygen atoms in total. The van der Waals surface area contributed by atoms with Crippen LogP contribution in [-0.2, 0) is 4.79 Å². The Morgan fingerprint density at radius 3 is 2.16 bits per heavy atom. The van der Waals surface area contributed by atoms with E-state index in [1.807, 2.05) is 6.92 Å². The highest BCUT2D eigenvalue weighted by atomic mass is 35.5. The second-order valence-corrected chi connectivity index (χ2v) is 6.87. The molecule has 1 aliphatic rings. The zero-order valence-corrected chi connectivity index (χ0v) is 13.0. The van der Waals surface area contributed by atoms with Gasteiger partial charge in [-0.3, -0.25) is 15.0 Å². The van der Waals surface area contributed by atoms with E-state index < -0.39 is 0 Å².